The van der Waals surface area contributed by atoms with Crippen LogP contribution < -0.4 is 8.37 Å². The topological polar surface area (TPSA) is 113 Å². The van der Waals surface area contributed by atoms with Crippen molar-refractivity contribution < 1.29 is 25.2 Å². The van der Waals surface area contributed by atoms with Crippen molar-refractivity contribution in [3.05, 3.63) is 65.2 Å². The summed E-state index contributed by atoms with van der Waals surface area (Å²) in [5.41, 5.74) is 1.95. The van der Waals surface area contributed by atoms with Crippen LogP contribution in [-0.2, 0) is 26.7 Å². The van der Waals surface area contributed by atoms with E-state index in [1.165, 1.54) is 36.0 Å². The van der Waals surface area contributed by atoms with Crippen LogP contribution in [0, 0.1) is 13.8 Å². The molecule has 0 unspecified atom stereocenters. The molecule has 1 saturated carbocycles. The molecule has 11 heteroatoms. The molecule has 0 radical (unpaired) electrons. The van der Waals surface area contributed by atoms with E-state index in [0.717, 1.165) is 36.8 Å². The normalized spacial score (nSPS) is 14.6. The van der Waals surface area contributed by atoms with Crippen LogP contribution in [0.2, 0.25) is 0 Å². The number of benzene rings is 2. The van der Waals surface area contributed by atoms with Crippen molar-refractivity contribution in [2.24, 2.45) is 0 Å². The van der Waals surface area contributed by atoms with E-state index in [4.69, 9.17) is 8.37 Å². The van der Waals surface area contributed by atoms with Crippen LogP contribution >= 0.6 is 11.8 Å². The molecule has 1 aromatic heterocycles. The molecular formula is C25H28N2O6S3. The first-order chi connectivity index (χ1) is 17.1. The summed E-state index contributed by atoms with van der Waals surface area (Å²) < 4.78 is 63.1. The van der Waals surface area contributed by atoms with Gasteiger partial charge in [0.1, 0.15) is 9.79 Å². The fraction of sp³-hybridized carbons (Fsp3) is 0.360. The van der Waals surface area contributed by atoms with Crippen molar-refractivity contribution in [2.75, 3.05) is 0 Å². The molecule has 0 atom stereocenters. The second kappa shape index (κ2) is 10.8. The molecule has 0 bridgehead atoms. The molecule has 0 amide bonds. The zero-order chi connectivity index (χ0) is 25.9. The van der Waals surface area contributed by atoms with Gasteiger partial charge >= 0.3 is 20.2 Å². The minimum Gasteiger partial charge on any atom is -0.358 e. The van der Waals surface area contributed by atoms with Gasteiger partial charge in [0, 0.05) is 5.25 Å². The van der Waals surface area contributed by atoms with Gasteiger partial charge in [-0.25, -0.2) is 0 Å². The zero-order valence-electron chi connectivity index (χ0n) is 20.3. The smallest absolute Gasteiger partial charge is 0.340 e. The van der Waals surface area contributed by atoms with E-state index < -0.39 is 20.2 Å². The first-order valence-electron chi connectivity index (χ1n) is 11.7. The van der Waals surface area contributed by atoms with Crippen LogP contribution in [-0.4, -0.2) is 32.1 Å². The Balaban J connectivity index is 1.75. The van der Waals surface area contributed by atoms with Crippen LogP contribution in [0.4, 0.5) is 0 Å². The number of rotatable bonds is 9. The summed E-state index contributed by atoms with van der Waals surface area (Å²) in [6, 6.07) is 12.5. The SMILES string of the molecule is CCc1c(OS(=O)(=O)c2ccc(C)cc2)nc(SC2CCCC2)nc1OS(=O)(=O)c1ccc(C)cc1. The molecule has 1 aliphatic carbocycles. The highest BCUT2D eigenvalue weighted by atomic mass is 32.2. The summed E-state index contributed by atoms with van der Waals surface area (Å²) in [4.78, 5) is 8.70. The fourth-order valence-corrected chi connectivity index (χ4v) is 6.75. The summed E-state index contributed by atoms with van der Waals surface area (Å²) >= 11 is 1.37. The Hall–Kier alpha value is -2.63. The Morgan fingerprint density at radius 1 is 0.778 bits per heavy atom. The molecular weight excluding hydrogens is 520 g/mol. The van der Waals surface area contributed by atoms with E-state index in [2.05, 4.69) is 9.97 Å². The summed E-state index contributed by atoms with van der Waals surface area (Å²) in [6.45, 7) is 5.42. The lowest BCUT2D eigenvalue weighted by atomic mass is 10.2. The van der Waals surface area contributed by atoms with Gasteiger partial charge in [0.05, 0.1) is 5.56 Å². The van der Waals surface area contributed by atoms with Crippen molar-refractivity contribution in [1.29, 1.82) is 0 Å². The average Bonchev–Trinajstić information content (AvgIpc) is 3.32. The molecule has 1 fully saturated rings. The van der Waals surface area contributed by atoms with Gasteiger partial charge in [0.25, 0.3) is 0 Å². The minimum absolute atomic E-state index is 0.0338. The van der Waals surface area contributed by atoms with Gasteiger partial charge in [0.15, 0.2) is 5.16 Å². The number of aryl methyl sites for hydroxylation is 2. The van der Waals surface area contributed by atoms with E-state index in [-0.39, 0.29) is 43.9 Å². The Morgan fingerprint density at radius 2 is 1.19 bits per heavy atom. The summed E-state index contributed by atoms with van der Waals surface area (Å²) in [6.07, 6.45) is 4.30. The van der Waals surface area contributed by atoms with E-state index in [0.29, 0.717) is 0 Å². The van der Waals surface area contributed by atoms with Gasteiger partial charge in [-0.05, 0) is 57.4 Å². The molecule has 0 aliphatic heterocycles. The maximum Gasteiger partial charge on any atom is 0.340 e. The third-order valence-corrected chi connectivity index (χ3v) is 9.49. The number of aromatic nitrogens is 2. The highest BCUT2D eigenvalue weighted by molar-refractivity contribution is 7.99. The molecule has 3 aromatic rings. The molecule has 0 N–H and O–H groups in total. The molecule has 36 heavy (non-hydrogen) atoms. The Kier molecular flexibility index (Phi) is 7.91. The number of hydrogen-bond acceptors (Lipinski definition) is 9. The maximum absolute atomic E-state index is 13.0. The largest absolute Gasteiger partial charge is 0.358 e. The third-order valence-electron chi connectivity index (χ3n) is 5.84. The van der Waals surface area contributed by atoms with Crippen LogP contribution in [0.25, 0.3) is 0 Å². The van der Waals surface area contributed by atoms with Gasteiger partial charge in [-0.3, -0.25) is 0 Å². The Morgan fingerprint density at radius 3 is 1.58 bits per heavy atom. The van der Waals surface area contributed by atoms with Gasteiger partial charge in [-0.1, -0.05) is 66.9 Å². The first-order valence-corrected chi connectivity index (χ1v) is 15.4. The molecule has 192 valence electrons. The quantitative estimate of drug-likeness (QED) is 0.262. The minimum atomic E-state index is -4.23. The average molecular weight is 549 g/mol. The highest BCUT2D eigenvalue weighted by Gasteiger charge is 2.28. The maximum atomic E-state index is 13.0. The van der Waals surface area contributed by atoms with Crippen molar-refractivity contribution >= 4 is 32.0 Å². The number of thioether (sulfide) groups is 1. The number of nitrogens with zero attached hydrogens (tertiary/aromatic N) is 2. The van der Waals surface area contributed by atoms with E-state index in [1.807, 2.05) is 13.8 Å². The second-order valence-corrected chi connectivity index (χ2v) is 13.0. The van der Waals surface area contributed by atoms with E-state index in [1.54, 1.807) is 31.2 Å². The van der Waals surface area contributed by atoms with Gasteiger partial charge in [0.2, 0.25) is 11.8 Å². The predicted molar refractivity (Wildman–Crippen MR) is 138 cm³/mol. The summed E-state index contributed by atoms with van der Waals surface area (Å²) in [5, 5.41) is 0.461. The molecule has 1 aliphatic rings. The third kappa shape index (κ3) is 6.19. The van der Waals surface area contributed by atoms with Crippen LogP contribution in [0.5, 0.6) is 11.8 Å². The van der Waals surface area contributed by atoms with Crippen molar-refractivity contribution in [1.82, 2.24) is 9.97 Å². The van der Waals surface area contributed by atoms with Gasteiger partial charge in [-0.15, -0.1) is 0 Å². The highest BCUT2D eigenvalue weighted by Crippen LogP contribution is 2.37. The number of hydrogen-bond donors (Lipinski definition) is 0. The van der Waals surface area contributed by atoms with Crippen molar-refractivity contribution in [2.45, 2.75) is 73.1 Å². The summed E-state index contributed by atoms with van der Waals surface area (Å²) in [5.74, 6) is -0.467. The second-order valence-electron chi connectivity index (χ2n) is 8.67. The molecule has 2 aromatic carbocycles. The molecule has 4 rings (SSSR count). The van der Waals surface area contributed by atoms with Gasteiger partial charge in [-0.2, -0.15) is 26.8 Å². The zero-order valence-corrected chi connectivity index (χ0v) is 22.7. The molecule has 8 nitrogen and oxygen atoms in total. The standard InChI is InChI=1S/C25H28N2O6S3/c1-4-22-23(32-35(28,29)20-13-9-17(2)10-14-20)26-25(34-19-7-5-6-8-19)27-24(22)33-36(30,31)21-15-11-18(3)12-16-21/h9-16,19H,4-8H2,1-3H3. The Labute approximate surface area is 216 Å². The molecule has 0 saturated heterocycles. The van der Waals surface area contributed by atoms with E-state index in [9.17, 15) is 16.8 Å². The lowest BCUT2D eigenvalue weighted by molar-refractivity contribution is 0.446. The van der Waals surface area contributed by atoms with Crippen molar-refractivity contribution in [3.8, 4) is 11.8 Å². The van der Waals surface area contributed by atoms with Crippen LogP contribution in [0.3, 0.4) is 0 Å². The molecule has 0 spiro atoms. The van der Waals surface area contributed by atoms with E-state index >= 15 is 0 Å². The lowest BCUT2D eigenvalue weighted by Gasteiger charge is -2.16. The van der Waals surface area contributed by atoms with Gasteiger partial charge < -0.3 is 8.37 Å². The summed E-state index contributed by atoms with van der Waals surface area (Å²) in [7, 11) is -8.46. The predicted octanol–water partition coefficient (Wildman–Crippen LogP) is 5.23. The fourth-order valence-electron chi connectivity index (χ4n) is 3.79. The van der Waals surface area contributed by atoms with Crippen LogP contribution in [0.15, 0.2) is 63.5 Å². The Bertz CT molecular complexity index is 1330. The molecule has 1 heterocycles. The first kappa shape index (κ1) is 26.4. The van der Waals surface area contributed by atoms with Crippen LogP contribution in [0.1, 0.15) is 49.3 Å². The monoisotopic (exact) mass is 548 g/mol. The lowest BCUT2D eigenvalue weighted by Crippen LogP contribution is -2.16. The van der Waals surface area contributed by atoms with Crippen molar-refractivity contribution in [3.63, 3.8) is 0 Å².